The van der Waals surface area contributed by atoms with Gasteiger partial charge in [0.1, 0.15) is 6.61 Å². The second kappa shape index (κ2) is 8.79. The largest absolute Gasteiger partial charge is 0.458 e. The first-order chi connectivity index (χ1) is 15.7. The summed E-state index contributed by atoms with van der Waals surface area (Å²) in [7, 11) is 0. The van der Waals surface area contributed by atoms with E-state index in [0.717, 1.165) is 5.56 Å². The van der Waals surface area contributed by atoms with Gasteiger partial charge in [0.05, 0.1) is 24.2 Å². The zero-order valence-electron chi connectivity index (χ0n) is 16.9. The number of hydrogen-bond acceptors (Lipinski definition) is 8. The van der Waals surface area contributed by atoms with E-state index in [9.17, 15) is 8.78 Å². The van der Waals surface area contributed by atoms with Crippen LogP contribution in [0.25, 0.3) is 17.0 Å². The highest BCUT2D eigenvalue weighted by Gasteiger charge is 2.24. The van der Waals surface area contributed by atoms with E-state index in [4.69, 9.17) is 9.47 Å². The van der Waals surface area contributed by atoms with E-state index in [2.05, 4.69) is 24.9 Å². The average Bonchev–Trinajstić information content (AvgIpc) is 3.24. The minimum absolute atomic E-state index is 0.0234. The lowest BCUT2D eigenvalue weighted by molar-refractivity contribution is 0.122. The molecule has 5 rings (SSSR count). The third-order valence-electron chi connectivity index (χ3n) is 4.98. The smallest absolute Gasteiger partial charge is 0.323 e. The van der Waals surface area contributed by atoms with E-state index in [-0.39, 0.29) is 18.6 Å². The average molecular weight is 439 g/mol. The number of fused-ring (bicyclic) bond motifs is 1. The van der Waals surface area contributed by atoms with Crippen molar-refractivity contribution in [3.05, 3.63) is 60.2 Å². The van der Waals surface area contributed by atoms with Crippen LogP contribution in [0.4, 0.5) is 14.7 Å². The minimum atomic E-state index is -2.81. The van der Waals surface area contributed by atoms with Crippen molar-refractivity contribution in [2.75, 3.05) is 31.2 Å². The van der Waals surface area contributed by atoms with Crippen molar-refractivity contribution >= 4 is 17.0 Å². The van der Waals surface area contributed by atoms with Gasteiger partial charge >= 0.3 is 6.01 Å². The van der Waals surface area contributed by atoms with Crippen molar-refractivity contribution in [3.63, 3.8) is 0 Å². The Morgan fingerprint density at radius 1 is 0.938 bits per heavy atom. The maximum absolute atomic E-state index is 13.9. The van der Waals surface area contributed by atoms with Crippen molar-refractivity contribution in [2.45, 2.75) is 13.0 Å². The van der Waals surface area contributed by atoms with Crippen molar-refractivity contribution in [1.82, 2.24) is 29.5 Å². The second-order valence-corrected chi connectivity index (χ2v) is 7.06. The molecule has 9 nitrogen and oxygen atoms in total. The van der Waals surface area contributed by atoms with Crippen molar-refractivity contribution < 1.29 is 18.3 Å². The first-order valence-corrected chi connectivity index (χ1v) is 10.1. The Hall–Kier alpha value is -3.73. The number of pyridine rings is 1. The number of aromatic nitrogens is 6. The van der Waals surface area contributed by atoms with Crippen LogP contribution in [0.2, 0.25) is 0 Å². The van der Waals surface area contributed by atoms with Gasteiger partial charge in [-0.1, -0.05) is 12.1 Å². The highest BCUT2D eigenvalue weighted by Crippen LogP contribution is 2.28. The predicted octanol–water partition coefficient (Wildman–Crippen LogP) is 2.96. The SMILES string of the molecule is FC(F)c1nc2ccccc2n1-c1nc(OCc2ccncc2)nc(N2CCOCC2)n1. The zero-order chi connectivity index (χ0) is 21.9. The molecule has 0 radical (unpaired) electrons. The summed E-state index contributed by atoms with van der Waals surface area (Å²) in [4.78, 5) is 23.3. The van der Waals surface area contributed by atoms with Gasteiger partial charge < -0.3 is 14.4 Å². The van der Waals surface area contributed by atoms with Gasteiger partial charge in [0.25, 0.3) is 6.43 Å². The Labute approximate surface area is 181 Å². The van der Waals surface area contributed by atoms with Gasteiger partial charge in [-0.3, -0.25) is 9.55 Å². The molecule has 0 aliphatic carbocycles. The lowest BCUT2D eigenvalue weighted by Crippen LogP contribution is -2.37. The molecule has 0 bridgehead atoms. The quantitative estimate of drug-likeness (QED) is 0.453. The molecule has 164 valence electrons. The highest BCUT2D eigenvalue weighted by atomic mass is 19.3. The summed E-state index contributed by atoms with van der Waals surface area (Å²) in [6, 6.07) is 10.5. The van der Waals surface area contributed by atoms with Crippen molar-refractivity contribution in [1.29, 1.82) is 0 Å². The number of para-hydroxylation sites is 2. The van der Waals surface area contributed by atoms with Gasteiger partial charge in [-0.15, -0.1) is 0 Å². The van der Waals surface area contributed by atoms with Crippen LogP contribution in [0.1, 0.15) is 17.8 Å². The molecular weight excluding hydrogens is 420 g/mol. The molecule has 0 saturated carbocycles. The Morgan fingerprint density at radius 3 is 2.47 bits per heavy atom. The van der Waals surface area contributed by atoms with Gasteiger partial charge in [-0.2, -0.15) is 15.0 Å². The number of hydrogen-bond donors (Lipinski definition) is 0. The minimum Gasteiger partial charge on any atom is -0.458 e. The Balaban J connectivity index is 1.60. The molecule has 4 aromatic rings. The Morgan fingerprint density at radius 2 is 1.69 bits per heavy atom. The fraction of sp³-hybridized carbons (Fsp3) is 0.286. The molecule has 1 aliphatic heterocycles. The van der Waals surface area contributed by atoms with Crippen LogP contribution in [0.5, 0.6) is 6.01 Å². The molecule has 0 N–H and O–H groups in total. The number of halogens is 2. The summed E-state index contributed by atoms with van der Waals surface area (Å²) >= 11 is 0. The molecule has 0 unspecified atom stereocenters. The topological polar surface area (TPSA) is 91.1 Å². The molecule has 1 fully saturated rings. The van der Waals surface area contributed by atoms with Gasteiger partial charge in [0.2, 0.25) is 11.9 Å². The Kier molecular flexibility index (Phi) is 5.55. The van der Waals surface area contributed by atoms with E-state index in [1.54, 1.807) is 36.7 Å². The first-order valence-electron chi connectivity index (χ1n) is 10.1. The standard InChI is InChI=1S/C21H19F2N7O2/c22-17(23)18-25-15-3-1-2-4-16(15)30(18)20-26-19(29-9-11-31-12-10-29)27-21(28-20)32-13-14-5-7-24-8-6-14/h1-8,17H,9-13H2. The number of anilines is 1. The van der Waals surface area contributed by atoms with E-state index in [0.29, 0.717) is 43.3 Å². The number of benzene rings is 1. The number of imidazole rings is 1. The van der Waals surface area contributed by atoms with Gasteiger partial charge in [0, 0.05) is 25.5 Å². The maximum atomic E-state index is 13.9. The number of morpholine rings is 1. The second-order valence-electron chi connectivity index (χ2n) is 7.06. The monoisotopic (exact) mass is 439 g/mol. The maximum Gasteiger partial charge on any atom is 0.323 e. The summed E-state index contributed by atoms with van der Waals surface area (Å²) in [5.41, 5.74) is 1.77. The van der Waals surface area contributed by atoms with Crippen LogP contribution in [0.15, 0.2) is 48.8 Å². The van der Waals surface area contributed by atoms with E-state index < -0.39 is 12.2 Å². The summed E-state index contributed by atoms with van der Waals surface area (Å²) in [5.74, 6) is -0.0818. The lowest BCUT2D eigenvalue weighted by Gasteiger charge is -2.27. The third-order valence-corrected chi connectivity index (χ3v) is 4.98. The predicted molar refractivity (Wildman–Crippen MR) is 111 cm³/mol. The highest BCUT2D eigenvalue weighted by molar-refractivity contribution is 5.77. The van der Waals surface area contributed by atoms with Crippen LogP contribution in [-0.2, 0) is 11.3 Å². The molecule has 11 heteroatoms. The summed E-state index contributed by atoms with van der Waals surface area (Å²) in [6.07, 6.45) is 0.499. The summed E-state index contributed by atoms with van der Waals surface area (Å²) in [5, 5.41) is 0. The third kappa shape index (κ3) is 4.06. The molecule has 3 aromatic heterocycles. The molecule has 4 heterocycles. The number of ether oxygens (including phenoxy) is 2. The fourth-order valence-corrected chi connectivity index (χ4v) is 3.43. The molecule has 0 atom stereocenters. The molecule has 1 aromatic carbocycles. The molecule has 1 aliphatic rings. The molecule has 0 amide bonds. The molecule has 32 heavy (non-hydrogen) atoms. The molecule has 0 spiro atoms. The fourth-order valence-electron chi connectivity index (χ4n) is 3.43. The van der Waals surface area contributed by atoms with Crippen LogP contribution in [0.3, 0.4) is 0 Å². The number of rotatable bonds is 6. The van der Waals surface area contributed by atoms with Gasteiger partial charge in [0.15, 0.2) is 5.82 Å². The Bertz CT molecular complexity index is 1210. The number of nitrogens with zero attached hydrogens (tertiary/aromatic N) is 7. The van der Waals surface area contributed by atoms with Gasteiger partial charge in [-0.05, 0) is 29.8 Å². The van der Waals surface area contributed by atoms with Gasteiger partial charge in [-0.25, -0.2) is 13.8 Å². The van der Waals surface area contributed by atoms with Crippen LogP contribution < -0.4 is 9.64 Å². The summed E-state index contributed by atoms with van der Waals surface area (Å²) < 4.78 is 40.2. The van der Waals surface area contributed by atoms with E-state index in [1.165, 1.54) is 4.57 Å². The van der Waals surface area contributed by atoms with Crippen molar-refractivity contribution in [2.24, 2.45) is 0 Å². The first kappa shape index (κ1) is 20.2. The zero-order valence-corrected chi connectivity index (χ0v) is 16.9. The van der Waals surface area contributed by atoms with Crippen molar-refractivity contribution in [3.8, 4) is 12.0 Å². The normalized spacial score (nSPS) is 14.3. The van der Waals surface area contributed by atoms with E-state index in [1.807, 2.05) is 17.0 Å². The van der Waals surface area contributed by atoms with Crippen LogP contribution in [-0.4, -0.2) is 55.8 Å². The van der Waals surface area contributed by atoms with E-state index >= 15 is 0 Å². The molecular formula is C21H19F2N7O2. The summed E-state index contributed by atoms with van der Waals surface area (Å²) in [6.45, 7) is 2.37. The number of alkyl halides is 2. The lowest BCUT2D eigenvalue weighted by atomic mass is 10.3. The van der Waals surface area contributed by atoms with Crippen LogP contribution >= 0.6 is 0 Å². The van der Waals surface area contributed by atoms with Crippen LogP contribution in [0, 0.1) is 0 Å². The molecule has 1 saturated heterocycles.